The van der Waals surface area contributed by atoms with Crippen molar-refractivity contribution in [2.45, 2.75) is 77.2 Å². The fourth-order valence-electron chi connectivity index (χ4n) is 11.4. The van der Waals surface area contributed by atoms with Crippen LogP contribution in [0.5, 0.6) is 11.5 Å². The Morgan fingerprint density at radius 1 is 0.684 bits per heavy atom. The highest BCUT2D eigenvalue weighted by Crippen LogP contribution is 2.57. The second-order valence-electron chi connectivity index (χ2n) is 20.8. The van der Waals surface area contributed by atoms with Gasteiger partial charge in [-0.3, -0.25) is 15.1 Å². The van der Waals surface area contributed by atoms with Crippen LogP contribution in [0.3, 0.4) is 0 Å². The maximum Gasteiger partial charge on any atom is 0.167 e. The van der Waals surface area contributed by atoms with Gasteiger partial charge in [0.05, 0.1) is 31.1 Å². The molecule has 3 saturated heterocycles. The van der Waals surface area contributed by atoms with Crippen molar-refractivity contribution in [2.75, 3.05) is 42.6 Å². The monoisotopic (exact) mass is 1100 g/mol. The number of hydrogen-bond donors (Lipinski definition) is 1. The van der Waals surface area contributed by atoms with Crippen molar-refractivity contribution >= 4 is 79.8 Å². The van der Waals surface area contributed by atoms with E-state index in [1.165, 1.54) is 43.0 Å². The topological polar surface area (TPSA) is 180 Å². The number of ether oxygens (including phenoxy) is 3. The molecule has 9 heterocycles. The van der Waals surface area contributed by atoms with Gasteiger partial charge in [0, 0.05) is 137 Å². The van der Waals surface area contributed by atoms with Crippen molar-refractivity contribution in [2.24, 2.45) is 10.8 Å². The van der Waals surface area contributed by atoms with Crippen LogP contribution in [-0.4, -0.2) is 72.7 Å². The predicted octanol–water partition coefficient (Wildman–Crippen LogP) is 13.3. The van der Waals surface area contributed by atoms with Gasteiger partial charge in [-0.2, -0.15) is 20.7 Å². The zero-order chi connectivity index (χ0) is 52.4. The summed E-state index contributed by atoms with van der Waals surface area (Å²) in [4.78, 5) is 22.4. The highest BCUT2D eigenvalue weighted by Gasteiger charge is 2.54. The minimum Gasteiger partial charge on any atom is -0.483 e. The first-order valence-electron chi connectivity index (χ1n) is 25.1. The molecule has 384 valence electrons. The number of benzene rings is 2. The normalized spacial score (nSPS) is 18.8. The number of aromatic nitrogens is 8. The fraction of sp³-hybridized carbons (Fsp3) is 0.345. The van der Waals surface area contributed by atoms with Crippen molar-refractivity contribution in [1.82, 2.24) is 39.9 Å². The van der Waals surface area contributed by atoms with Gasteiger partial charge in [0.25, 0.3) is 0 Å². The summed E-state index contributed by atoms with van der Waals surface area (Å²) >= 11 is 26.2. The summed E-state index contributed by atoms with van der Waals surface area (Å²) in [5.74, 6) is -0.730. The molecule has 15 nitrogen and oxygen atoms in total. The van der Waals surface area contributed by atoms with Gasteiger partial charge < -0.3 is 24.0 Å². The Morgan fingerprint density at radius 3 is 1.67 bits per heavy atom. The van der Waals surface area contributed by atoms with Crippen LogP contribution in [0.2, 0.25) is 20.1 Å². The molecule has 2 aliphatic carbocycles. The molecule has 5 fully saturated rings. The van der Waals surface area contributed by atoms with Gasteiger partial charge >= 0.3 is 0 Å². The highest BCUT2D eigenvalue weighted by molar-refractivity contribution is 6.36. The third kappa shape index (κ3) is 8.12. The van der Waals surface area contributed by atoms with Gasteiger partial charge in [0.15, 0.2) is 29.4 Å². The van der Waals surface area contributed by atoms with Gasteiger partial charge in [-0.25, -0.2) is 23.4 Å². The fourth-order valence-corrected chi connectivity index (χ4v) is 12.7. The number of rotatable bonds is 12. The van der Waals surface area contributed by atoms with E-state index < -0.39 is 30.1 Å². The quantitative estimate of drug-likeness (QED) is 0.122. The van der Waals surface area contributed by atoms with Gasteiger partial charge in [-0.15, -0.1) is 0 Å². The van der Waals surface area contributed by atoms with Crippen LogP contribution in [0, 0.1) is 45.1 Å². The van der Waals surface area contributed by atoms with E-state index in [9.17, 15) is 10.5 Å². The zero-order valence-corrected chi connectivity index (χ0v) is 43.9. The van der Waals surface area contributed by atoms with Gasteiger partial charge in [-0.05, 0) is 70.9 Å². The molecular formula is C55H44Cl4F2N12O3. The second kappa shape index (κ2) is 18.4. The molecular weight excluding hydrogens is 1060 g/mol. The Hall–Kier alpha value is -6.86. The maximum absolute atomic E-state index is 16.7. The van der Waals surface area contributed by atoms with Crippen molar-refractivity contribution in [3.63, 3.8) is 0 Å². The van der Waals surface area contributed by atoms with E-state index in [0.29, 0.717) is 117 Å². The number of halogens is 6. The summed E-state index contributed by atoms with van der Waals surface area (Å²) in [7, 11) is 0. The Morgan fingerprint density at radius 2 is 1.18 bits per heavy atom. The van der Waals surface area contributed by atoms with Crippen LogP contribution in [0.15, 0.2) is 61.4 Å². The number of nitrogens with zero attached hydrogens (tertiary/aromatic N) is 11. The highest BCUT2D eigenvalue weighted by atomic mass is 35.5. The summed E-state index contributed by atoms with van der Waals surface area (Å²) in [5.41, 5.74) is 4.26. The molecule has 76 heavy (non-hydrogen) atoms. The van der Waals surface area contributed by atoms with Gasteiger partial charge in [0.1, 0.15) is 58.5 Å². The second-order valence-corrected chi connectivity index (χ2v) is 22.4. The average Bonchev–Trinajstić information content (AvgIpc) is 4.45. The largest absolute Gasteiger partial charge is 0.483 e. The molecule has 13 rings (SSSR count). The summed E-state index contributed by atoms with van der Waals surface area (Å²) in [5, 5.41) is 38.3. The molecule has 0 bridgehead atoms. The summed E-state index contributed by atoms with van der Waals surface area (Å²) in [6.07, 6.45) is 13.5. The minimum absolute atomic E-state index is 0.122. The van der Waals surface area contributed by atoms with Crippen LogP contribution < -0.4 is 19.3 Å². The molecule has 2 saturated carbocycles. The number of pyridine rings is 4. The molecule has 3 atom stereocenters. The standard InChI is InChI=1S/C55H44Cl4F2N12O3/c1-27(46-35(56)19-64-20-36(46)57)75-43-11-29-41(13-39(43)60)68-69-50(29)33-17-66-52(71-23-54(24-71)6-7-54)31(15-62)48(33)49-32(16-63)53(72-25-55(26-72)8-9-55)67-18-34(49)51-30-12-44(76-28(2)47-37(58)21-65-22-38(47)59)40(61)14-42(30)73(70-51)45-5-3-4-10-74-45/h11-14,17-22,27-28,45H,3-10,23-26H2,1-2H3,(H,68,69)/t27-,28-,45-/m1/s1. The van der Waals surface area contributed by atoms with Crippen LogP contribution in [-0.2, 0) is 4.74 Å². The van der Waals surface area contributed by atoms with Crippen molar-refractivity contribution in [1.29, 1.82) is 10.5 Å². The van der Waals surface area contributed by atoms with E-state index in [2.05, 4.69) is 37.0 Å². The summed E-state index contributed by atoms with van der Waals surface area (Å²) in [6, 6.07) is 10.8. The SMILES string of the molecule is C[C@@H](Oc1cc2c(-c3cnc(N4CC5(CC5)C4)c(C#N)c3-c3c(-c4nn([C@H]5CCCCO5)c5cc(F)c(O[C@H](C)c6c(Cl)cncc6Cl)cc45)cnc(N4CC5(CC5)C4)c3C#N)n[nH]c2cc1F)c1c(Cl)cncc1Cl. The third-order valence-electron chi connectivity index (χ3n) is 15.7. The number of fused-ring (bicyclic) bond motifs is 2. The molecule has 8 aromatic rings. The van der Waals surface area contributed by atoms with Crippen molar-refractivity contribution < 1.29 is 23.0 Å². The van der Waals surface area contributed by atoms with Gasteiger partial charge in [0.2, 0.25) is 0 Å². The third-order valence-corrected chi connectivity index (χ3v) is 16.9. The smallest absolute Gasteiger partial charge is 0.167 e. The van der Waals surface area contributed by atoms with E-state index in [-0.39, 0.29) is 53.5 Å². The average molecular weight is 1100 g/mol. The number of anilines is 2. The van der Waals surface area contributed by atoms with Crippen LogP contribution in [0.1, 0.15) is 99.5 Å². The first-order valence-corrected chi connectivity index (χ1v) is 26.6. The Bertz CT molecular complexity index is 3770. The van der Waals surface area contributed by atoms with Crippen molar-refractivity contribution in [3.8, 4) is 57.3 Å². The number of aromatic amines is 1. The lowest BCUT2D eigenvalue weighted by Crippen LogP contribution is -2.49. The first-order chi connectivity index (χ1) is 36.8. The van der Waals surface area contributed by atoms with E-state index >= 15 is 8.78 Å². The molecule has 21 heteroatoms. The maximum atomic E-state index is 16.7. The Labute approximate surface area is 454 Å². The first kappa shape index (κ1) is 48.8. The summed E-state index contributed by atoms with van der Waals surface area (Å²) in [6.45, 7) is 6.70. The summed E-state index contributed by atoms with van der Waals surface area (Å²) < 4.78 is 53.5. The minimum atomic E-state index is -0.826. The number of H-pyrrole nitrogens is 1. The molecule has 2 aromatic carbocycles. The molecule has 6 aromatic heterocycles. The molecule has 3 aliphatic heterocycles. The predicted molar refractivity (Wildman–Crippen MR) is 284 cm³/mol. The van der Waals surface area contributed by atoms with E-state index in [4.69, 9.17) is 80.8 Å². The number of hydrogen-bond acceptors (Lipinski definition) is 13. The molecule has 2 spiro atoms. The van der Waals surface area contributed by atoms with Crippen LogP contribution in [0.4, 0.5) is 20.4 Å². The lowest BCUT2D eigenvalue weighted by atomic mass is 9.85. The van der Waals surface area contributed by atoms with E-state index in [1.54, 1.807) is 37.0 Å². The van der Waals surface area contributed by atoms with E-state index in [1.807, 2.05) is 0 Å². The molecule has 0 unspecified atom stereocenters. The van der Waals surface area contributed by atoms with Gasteiger partial charge in [-0.1, -0.05) is 46.4 Å². The van der Waals surface area contributed by atoms with Crippen LogP contribution >= 0.6 is 46.4 Å². The van der Waals surface area contributed by atoms with Crippen molar-refractivity contribution in [3.05, 3.63) is 115 Å². The lowest BCUT2D eigenvalue weighted by Gasteiger charge is -2.42. The zero-order valence-electron chi connectivity index (χ0n) is 40.9. The van der Waals surface area contributed by atoms with E-state index in [0.717, 1.165) is 38.5 Å². The van der Waals surface area contributed by atoms with Crippen LogP contribution in [0.25, 0.3) is 55.4 Å². The number of nitriles is 2. The Kier molecular flexibility index (Phi) is 11.8. The number of nitrogens with one attached hydrogen (secondary N) is 1. The molecule has 1 N–H and O–H groups in total. The molecule has 5 aliphatic rings. The molecule has 0 radical (unpaired) electrons. The lowest BCUT2D eigenvalue weighted by molar-refractivity contribution is -0.0365. The molecule has 0 amide bonds. The Balaban J connectivity index is 1.05.